The molecular weight excluding hydrogens is 370 g/mol. The van der Waals surface area contributed by atoms with E-state index in [9.17, 15) is 0 Å². The van der Waals surface area contributed by atoms with Gasteiger partial charge in [-0.25, -0.2) is 0 Å². The third-order valence-electron chi connectivity index (χ3n) is 2.01. The van der Waals surface area contributed by atoms with Crippen molar-refractivity contribution in [2.24, 2.45) is 0 Å². The lowest BCUT2D eigenvalue weighted by atomic mass is 10.3. The van der Waals surface area contributed by atoms with Gasteiger partial charge in [-0.1, -0.05) is 0 Å². The van der Waals surface area contributed by atoms with E-state index in [4.69, 9.17) is 5.73 Å². The molecule has 1 aromatic heterocycles. The Kier molecular flexibility index (Phi) is 4.35. The first-order valence-electron chi connectivity index (χ1n) is 4.56. The second-order valence-electron chi connectivity index (χ2n) is 3.17. The van der Waals surface area contributed by atoms with E-state index in [2.05, 4.69) is 43.3 Å². The molecule has 2 N–H and O–H groups in total. The number of nitrogens with two attached hydrogens (primary N) is 1. The summed E-state index contributed by atoms with van der Waals surface area (Å²) >= 11 is 10.6. The zero-order valence-electron chi connectivity index (χ0n) is 8.24. The average Bonchev–Trinajstić information content (AvgIpc) is 2.63. The first-order valence-corrected chi connectivity index (χ1v) is 8.01. The fraction of sp³-hybridized carbons (Fsp3) is 0.0909. The Bertz CT molecular complexity index is 496. The first-order chi connectivity index (χ1) is 7.66. The summed E-state index contributed by atoms with van der Waals surface area (Å²) in [5, 5.41) is 2.10. The smallest absolute Gasteiger partial charge is 0.0338 e. The van der Waals surface area contributed by atoms with Gasteiger partial charge in [-0.2, -0.15) is 0 Å². The highest BCUT2D eigenvalue weighted by molar-refractivity contribution is 9.10. The predicted molar refractivity (Wildman–Crippen MR) is 80.1 cm³/mol. The summed E-state index contributed by atoms with van der Waals surface area (Å²) in [5.41, 5.74) is 6.48. The van der Waals surface area contributed by atoms with Gasteiger partial charge in [0.25, 0.3) is 0 Å². The topological polar surface area (TPSA) is 26.0 Å². The van der Waals surface area contributed by atoms with Crippen LogP contribution >= 0.6 is 55.0 Å². The molecule has 0 aliphatic rings. The number of hydrogen-bond acceptors (Lipinski definition) is 3. The average molecular weight is 379 g/mol. The zero-order valence-corrected chi connectivity index (χ0v) is 13.0. The van der Waals surface area contributed by atoms with E-state index in [1.165, 1.54) is 14.2 Å². The second kappa shape index (κ2) is 5.58. The number of thioether (sulfide) groups is 1. The summed E-state index contributed by atoms with van der Waals surface area (Å²) in [6.07, 6.45) is 0. The molecule has 16 heavy (non-hydrogen) atoms. The Morgan fingerprint density at radius 1 is 1.19 bits per heavy atom. The predicted octanol–water partition coefficient (Wildman–Crippen LogP) is 5.15. The monoisotopic (exact) mass is 377 g/mol. The van der Waals surface area contributed by atoms with Gasteiger partial charge in [-0.3, -0.25) is 0 Å². The molecule has 2 rings (SSSR count). The lowest BCUT2D eigenvalue weighted by Crippen LogP contribution is -1.85. The summed E-state index contributed by atoms with van der Waals surface area (Å²) in [6.45, 7) is 0. The maximum Gasteiger partial charge on any atom is 0.0338 e. The molecule has 84 valence electrons. The molecule has 0 bridgehead atoms. The minimum Gasteiger partial charge on any atom is -0.399 e. The quantitative estimate of drug-likeness (QED) is 0.590. The Morgan fingerprint density at radius 3 is 2.62 bits per heavy atom. The molecule has 1 nitrogen and oxygen atoms in total. The third-order valence-corrected chi connectivity index (χ3v) is 6.13. The van der Waals surface area contributed by atoms with Crippen LogP contribution in [0.4, 0.5) is 5.69 Å². The molecule has 0 radical (unpaired) electrons. The molecule has 0 spiro atoms. The van der Waals surface area contributed by atoms with Crippen LogP contribution in [0.1, 0.15) is 4.88 Å². The number of rotatable bonds is 3. The standard InChI is InChI=1S/C11H9Br2NS2/c12-8-3-4-15-11(8)6-16-10-2-1-7(14)5-9(10)13/h1-5H,6,14H2. The number of halogens is 2. The van der Waals surface area contributed by atoms with Gasteiger partial charge >= 0.3 is 0 Å². The molecule has 0 fully saturated rings. The molecular formula is C11H9Br2NS2. The van der Waals surface area contributed by atoms with Crippen molar-refractivity contribution in [1.82, 2.24) is 0 Å². The van der Waals surface area contributed by atoms with Crippen LogP contribution in [-0.2, 0) is 5.75 Å². The number of benzene rings is 1. The van der Waals surface area contributed by atoms with Gasteiger partial charge in [0.2, 0.25) is 0 Å². The van der Waals surface area contributed by atoms with Gasteiger partial charge in [0.1, 0.15) is 0 Å². The molecule has 5 heteroatoms. The van der Waals surface area contributed by atoms with Crippen molar-refractivity contribution in [3.05, 3.63) is 43.5 Å². The van der Waals surface area contributed by atoms with Crippen molar-refractivity contribution in [1.29, 1.82) is 0 Å². The van der Waals surface area contributed by atoms with Crippen molar-refractivity contribution in [3.8, 4) is 0 Å². The van der Waals surface area contributed by atoms with Crippen LogP contribution in [0, 0.1) is 0 Å². The van der Waals surface area contributed by atoms with Crippen LogP contribution < -0.4 is 5.73 Å². The van der Waals surface area contributed by atoms with Crippen molar-refractivity contribution in [2.45, 2.75) is 10.6 Å². The maximum atomic E-state index is 5.70. The molecule has 0 aliphatic heterocycles. The number of anilines is 1. The first kappa shape index (κ1) is 12.5. The van der Waals surface area contributed by atoms with Crippen molar-refractivity contribution >= 4 is 60.6 Å². The van der Waals surface area contributed by atoms with Crippen LogP contribution in [0.5, 0.6) is 0 Å². The molecule has 0 saturated heterocycles. The van der Waals surface area contributed by atoms with Crippen LogP contribution in [0.25, 0.3) is 0 Å². The SMILES string of the molecule is Nc1ccc(SCc2sccc2Br)c(Br)c1. The molecule has 0 amide bonds. The van der Waals surface area contributed by atoms with E-state index in [1.54, 1.807) is 23.1 Å². The fourth-order valence-corrected chi connectivity index (χ4v) is 4.66. The zero-order chi connectivity index (χ0) is 11.5. The fourth-order valence-electron chi connectivity index (χ4n) is 1.21. The summed E-state index contributed by atoms with van der Waals surface area (Å²) in [4.78, 5) is 2.57. The van der Waals surface area contributed by atoms with Gasteiger partial charge in [0.15, 0.2) is 0 Å². The van der Waals surface area contributed by atoms with E-state index < -0.39 is 0 Å². The van der Waals surface area contributed by atoms with Crippen LogP contribution in [0.2, 0.25) is 0 Å². The molecule has 1 heterocycles. The lowest BCUT2D eigenvalue weighted by molar-refractivity contribution is 1.38. The Hall–Kier alpha value is 0.0300. The molecule has 0 atom stereocenters. The Morgan fingerprint density at radius 2 is 2.00 bits per heavy atom. The Balaban J connectivity index is 2.08. The Labute approximate surface area is 120 Å². The molecule has 0 unspecified atom stereocenters. The van der Waals surface area contributed by atoms with Crippen molar-refractivity contribution in [3.63, 3.8) is 0 Å². The van der Waals surface area contributed by atoms with Crippen LogP contribution in [0.15, 0.2) is 43.5 Å². The summed E-state index contributed by atoms with van der Waals surface area (Å²) in [6, 6.07) is 7.99. The summed E-state index contributed by atoms with van der Waals surface area (Å²) in [7, 11) is 0. The molecule has 2 aromatic rings. The van der Waals surface area contributed by atoms with E-state index in [0.29, 0.717) is 0 Å². The van der Waals surface area contributed by atoms with Crippen LogP contribution in [-0.4, -0.2) is 0 Å². The van der Waals surface area contributed by atoms with Gasteiger partial charge in [0, 0.05) is 30.2 Å². The molecule has 0 aliphatic carbocycles. The van der Waals surface area contributed by atoms with E-state index >= 15 is 0 Å². The molecule has 1 aromatic carbocycles. The highest BCUT2D eigenvalue weighted by Crippen LogP contribution is 2.34. The minimum atomic E-state index is 0.786. The largest absolute Gasteiger partial charge is 0.399 e. The number of hydrogen-bond donors (Lipinski definition) is 1. The van der Waals surface area contributed by atoms with E-state index in [0.717, 1.165) is 15.9 Å². The lowest BCUT2D eigenvalue weighted by Gasteiger charge is -2.04. The summed E-state index contributed by atoms with van der Waals surface area (Å²) < 4.78 is 2.25. The van der Waals surface area contributed by atoms with Gasteiger partial charge < -0.3 is 5.73 Å². The highest BCUT2D eigenvalue weighted by Gasteiger charge is 2.05. The molecule has 0 saturated carbocycles. The highest BCUT2D eigenvalue weighted by atomic mass is 79.9. The van der Waals surface area contributed by atoms with Crippen LogP contribution in [0.3, 0.4) is 0 Å². The maximum absolute atomic E-state index is 5.70. The van der Waals surface area contributed by atoms with E-state index in [-0.39, 0.29) is 0 Å². The third kappa shape index (κ3) is 3.03. The van der Waals surface area contributed by atoms with Crippen molar-refractivity contribution in [2.75, 3.05) is 5.73 Å². The van der Waals surface area contributed by atoms with Gasteiger partial charge in [0.05, 0.1) is 0 Å². The van der Waals surface area contributed by atoms with E-state index in [1.807, 2.05) is 18.2 Å². The minimum absolute atomic E-state index is 0.786. The normalized spacial score (nSPS) is 10.6. The number of thiophene rings is 1. The van der Waals surface area contributed by atoms with Crippen molar-refractivity contribution < 1.29 is 0 Å². The van der Waals surface area contributed by atoms with Gasteiger partial charge in [-0.05, 0) is 61.5 Å². The summed E-state index contributed by atoms with van der Waals surface area (Å²) in [5.74, 6) is 0.973. The van der Waals surface area contributed by atoms with Gasteiger partial charge in [-0.15, -0.1) is 23.1 Å². The second-order valence-corrected chi connectivity index (χ2v) is 6.90. The number of nitrogen functional groups attached to an aromatic ring is 1.